The van der Waals surface area contributed by atoms with Crippen LogP contribution >= 0.6 is 0 Å². The third-order valence-corrected chi connectivity index (χ3v) is 2.19. The summed E-state index contributed by atoms with van der Waals surface area (Å²) < 4.78 is 17.9. The molecule has 94 valence electrons. The highest BCUT2D eigenvalue weighted by molar-refractivity contribution is 5.66. The number of rotatable bonds is 4. The first-order valence-electron chi connectivity index (χ1n) is 5.03. The summed E-state index contributed by atoms with van der Waals surface area (Å²) in [6.07, 6.45) is 0. The molecule has 0 aliphatic carbocycles. The lowest BCUT2D eigenvalue weighted by Gasteiger charge is -1.97. The molecule has 0 atom stereocenters. The predicted molar refractivity (Wildman–Crippen MR) is 59.1 cm³/mol. The first kappa shape index (κ1) is 12.1. The average molecular weight is 252 g/mol. The van der Waals surface area contributed by atoms with Gasteiger partial charge in [0.05, 0.1) is 17.5 Å². The monoisotopic (exact) mass is 252 g/mol. The molecule has 0 amide bonds. The van der Waals surface area contributed by atoms with E-state index in [0.29, 0.717) is 12.4 Å². The van der Waals surface area contributed by atoms with Gasteiger partial charge in [-0.05, 0) is 19.2 Å². The normalized spacial score (nSPS) is 10.6. The van der Waals surface area contributed by atoms with Crippen molar-refractivity contribution in [1.82, 2.24) is 15.5 Å². The van der Waals surface area contributed by atoms with Gasteiger partial charge in [0, 0.05) is 0 Å². The molecule has 0 unspecified atom stereocenters. The Kier molecular flexibility index (Phi) is 3.28. The van der Waals surface area contributed by atoms with Crippen LogP contribution in [-0.2, 0) is 6.54 Å². The minimum Gasteiger partial charge on any atom is -0.334 e. The van der Waals surface area contributed by atoms with Gasteiger partial charge in [-0.15, -0.1) is 0 Å². The number of hydrogen-bond donors (Lipinski definition) is 1. The number of benzene rings is 1. The van der Waals surface area contributed by atoms with E-state index in [1.165, 1.54) is 6.07 Å². The summed E-state index contributed by atoms with van der Waals surface area (Å²) in [6.45, 7) is 0.374. The predicted octanol–water partition coefficient (Wildman–Crippen LogP) is 1.50. The molecule has 1 aromatic heterocycles. The molecular weight excluding hydrogens is 243 g/mol. The number of nitro benzene ring substituents is 1. The summed E-state index contributed by atoms with van der Waals surface area (Å²) in [5, 5.41) is 17.3. The van der Waals surface area contributed by atoms with Crippen molar-refractivity contribution in [1.29, 1.82) is 0 Å². The summed E-state index contributed by atoms with van der Waals surface area (Å²) in [7, 11) is 1.70. The van der Waals surface area contributed by atoms with Gasteiger partial charge in [0.1, 0.15) is 11.4 Å². The summed E-state index contributed by atoms with van der Waals surface area (Å²) >= 11 is 0. The van der Waals surface area contributed by atoms with Gasteiger partial charge >= 0.3 is 0 Å². The smallest absolute Gasteiger partial charge is 0.285 e. The first-order valence-corrected chi connectivity index (χ1v) is 5.03. The van der Waals surface area contributed by atoms with Crippen LogP contribution < -0.4 is 5.32 Å². The second-order valence-corrected chi connectivity index (χ2v) is 3.46. The van der Waals surface area contributed by atoms with Crippen LogP contribution in [0.4, 0.5) is 10.1 Å². The Hall–Kier alpha value is -2.35. The molecule has 0 saturated carbocycles. The molecular formula is C10H9FN4O3. The van der Waals surface area contributed by atoms with Crippen molar-refractivity contribution >= 4 is 5.69 Å². The maximum absolute atomic E-state index is 13.0. The quantitative estimate of drug-likeness (QED) is 0.654. The minimum atomic E-state index is -0.694. The van der Waals surface area contributed by atoms with Crippen LogP contribution in [0.15, 0.2) is 22.7 Å². The van der Waals surface area contributed by atoms with Crippen LogP contribution in [0.2, 0.25) is 0 Å². The second kappa shape index (κ2) is 4.88. The zero-order valence-electron chi connectivity index (χ0n) is 9.38. The topological polar surface area (TPSA) is 94.1 Å². The van der Waals surface area contributed by atoms with Crippen LogP contribution in [0.1, 0.15) is 5.82 Å². The van der Waals surface area contributed by atoms with Crippen LogP contribution in [0.25, 0.3) is 11.5 Å². The lowest BCUT2D eigenvalue weighted by molar-refractivity contribution is -0.384. The molecule has 1 aromatic carbocycles. The molecule has 0 saturated heterocycles. The zero-order chi connectivity index (χ0) is 13.1. The van der Waals surface area contributed by atoms with Gasteiger partial charge in [-0.3, -0.25) is 10.1 Å². The van der Waals surface area contributed by atoms with E-state index in [0.717, 1.165) is 12.1 Å². The molecule has 7 nitrogen and oxygen atoms in total. The van der Waals surface area contributed by atoms with Crippen molar-refractivity contribution in [2.75, 3.05) is 7.05 Å². The van der Waals surface area contributed by atoms with Crippen molar-refractivity contribution in [2.45, 2.75) is 6.54 Å². The molecule has 0 bridgehead atoms. The molecule has 8 heteroatoms. The van der Waals surface area contributed by atoms with Crippen molar-refractivity contribution in [2.24, 2.45) is 0 Å². The number of nitrogens with one attached hydrogen (secondary N) is 1. The lowest BCUT2D eigenvalue weighted by Crippen LogP contribution is -2.06. The molecule has 0 radical (unpaired) electrons. The van der Waals surface area contributed by atoms with Gasteiger partial charge in [-0.1, -0.05) is 5.16 Å². The van der Waals surface area contributed by atoms with Gasteiger partial charge in [0.2, 0.25) is 0 Å². The van der Waals surface area contributed by atoms with Crippen molar-refractivity contribution in [3.05, 3.63) is 40.0 Å². The summed E-state index contributed by atoms with van der Waals surface area (Å²) in [4.78, 5) is 14.1. The molecule has 0 aliphatic rings. The Balaban J connectivity index is 2.45. The van der Waals surface area contributed by atoms with Crippen molar-refractivity contribution in [3.8, 4) is 11.5 Å². The van der Waals surface area contributed by atoms with Gasteiger partial charge in [0.25, 0.3) is 11.6 Å². The number of nitro groups is 1. The summed E-state index contributed by atoms with van der Waals surface area (Å²) in [5.74, 6) is -0.335. The maximum atomic E-state index is 13.0. The Morgan fingerprint density at radius 3 is 3.00 bits per heavy atom. The largest absolute Gasteiger partial charge is 0.334 e. The molecule has 2 aromatic rings. The Labute approximate surface area is 101 Å². The first-order chi connectivity index (χ1) is 8.61. The molecule has 0 fully saturated rings. The van der Waals surface area contributed by atoms with Crippen LogP contribution in [-0.4, -0.2) is 22.1 Å². The fourth-order valence-corrected chi connectivity index (χ4v) is 1.43. The average Bonchev–Trinajstić information content (AvgIpc) is 2.78. The highest BCUT2D eigenvalue weighted by atomic mass is 19.1. The molecule has 0 aliphatic heterocycles. The van der Waals surface area contributed by atoms with Gasteiger partial charge < -0.3 is 9.84 Å². The summed E-state index contributed by atoms with van der Waals surface area (Å²) in [5.41, 5.74) is -0.314. The van der Waals surface area contributed by atoms with Crippen LogP contribution in [0.3, 0.4) is 0 Å². The standard InChI is InChI=1S/C10H9FN4O3/c1-12-5-9-13-10(18-14-9)7-3-2-6(11)4-8(7)15(16)17/h2-4,12H,5H2,1H3. The van der Waals surface area contributed by atoms with E-state index in [1.54, 1.807) is 7.05 Å². The second-order valence-electron chi connectivity index (χ2n) is 3.46. The third kappa shape index (κ3) is 2.33. The molecule has 0 spiro atoms. The molecule has 1 heterocycles. The summed E-state index contributed by atoms with van der Waals surface area (Å²) in [6, 6.07) is 3.16. The van der Waals surface area contributed by atoms with Crippen molar-refractivity contribution in [3.63, 3.8) is 0 Å². The molecule has 2 rings (SSSR count). The van der Waals surface area contributed by atoms with E-state index in [-0.39, 0.29) is 11.5 Å². The van der Waals surface area contributed by atoms with Crippen molar-refractivity contribution < 1.29 is 13.8 Å². The molecule has 1 N–H and O–H groups in total. The van der Waals surface area contributed by atoms with Gasteiger partial charge in [0.15, 0.2) is 5.82 Å². The third-order valence-electron chi connectivity index (χ3n) is 2.19. The number of halogens is 1. The van der Waals surface area contributed by atoms with E-state index < -0.39 is 16.4 Å². The Bertz CT molecular complexity index is 584. The highest BCUT2D eigenvalue weighted by Gasteiger charge is 2.21. The molecule has 18 heavy (non-hydrogen) atoms. The number of nitrogens with zero attached hydrogens (tertiary/aromatic N) is 3. The van der Waals surface area contributed by atoms with E-state index in [1.807, 2.05) is 0 Å². The van der Waals surface area contributed by atoms with E-state index in [2.05, 4.69) is 15.5 Å². The van der Waals surface area contributed by atoms with Gasteiger partial charge in [-0.25, -0.2) is 4.39 Å². The number of aromatic nitrogens is 2. The minimum absolute atomic E-state index is 0.00745. The van der Waals surface area contributed by atoms with Gasteiger partial charge in [-0.2, -0.15) is 4.98 Å². The van der Waals surface area contributed by atoms with Crippen LogP contribution in [0.5, 0.6) is 0 Å². The maximum Gasteiger partial charge on any atom is 0.285 e. The Morgan fingerprint density at radius 2 is 2.33 bits per heavy atom. The fourth-order valence-electron chi connectivity index (χ4n) is 1.43. The lowest BCUT2D eigenvalue weighted by atomic mass is 10.2. The van der Waals surface area contributed by atoms with E-state index in [9.17, 15) is 14.5 Å². The SMILES string of the molecule is CNCc1noc(-c2ccc(F)cc2[N+](=O)[O-])n1. The number of hydrogen-bond acceptors (Lipinski definition) is 6. The fraction of sp³-hybridized carbons (Fsp3) is 0.200. The van der Waals surface area contributed by atoms with E-state index in [4.69, 9.17) is 4.52 Å². The zero-order valence-corrected chi connectivity index (χ0v) is 9.38. The van der Waals surface area contributed by atoms with E-state index >= 15 is 0 Å². The highest BCUT2D eigenvalue weighted by Crippen LogP contribution is 2.29. The Morgan fingerprint density at radius 1 is 1.56 bits per heavy atom. The van der Waals surface area contributed by atoms with Crippen LogP contribution in [0, 0.1) is 15.9 Å².